The fourth-order valence-corrected chi connectivity index (χ4v) is 1.62. The number of carbonyl (C=O) groups excluding carboxylic acids is 1. The molecule has 0 aliphatic carbocycles. The first-order chi connectivity index (χ1) is 9.22. The summed E-state index contributed by atoms with van der Waals surface area (Å²) in [4.78, 5) is 11.3. The van der Waals surface area contributed by atoms with E-state index in [1.165, 1.54) is 13.4 Å². The molecule has 0 saturated carbocycles. The van der Waals surface area contributed by atoms with Crippen LogP contribution in [0.5, 0.6) is 5.75 Å². The molecule has 0 radical (unpaired) electrons. The number of furan rings is 1. The van der Waals surface area contributed by atoms with Gasteiger partial charge in [-0.15, -0.1) is 0 Å². The average Bonchev–Trinajstić information content (AvgIpc) is 2.93. The normalized spacial score (nSPS) is 10.0. The lowest BCUT2D eigenvalue weighted by Crippen LogP contribution is -2.00. The maximum Gasteiger partial charge on any atom is 0.341 e. The maximum atomic E-state index is 11.3. The summed E-state index contributed by atoms with van der Waals surface area (Å²) in [6.45, 7) is 0.476. The van der Waals surface area contributed by atoms with Crippen LogP contribution in [-0.2, 0) is 11.3 Å². The van der Waals surface area contributed by atoms with Gasteiger partial charge in [0.25, 0.3) is 0 Å². The van der Waals surface area contributed by atoms with Gasteiger partial charge in [0.15, 0.2) is 0 Å². The molecule has 1 aromatic carbocycles. The second-order valence-electron chi connectivity index (χ2n) is 3.88. The lowest BCUT2D eigenvalue weighted by molar-refractivity contribution is 0.0600. The summed E-state index contributed by atoms with van der Waals surface area (Å²) in [5, 5.41) is 3.18. The topological polar surface area (TPSA) is 60.7 Å². The summed E-state index contributed by atoms with van der Waals surface area (Å²) in [5.74, 6) is 1.03. The number of carbonyl (C=O) groups is 1. The number of nitrogens with one attached hydrogen (secondary N) is 1. The quantitative estimate of drug-likeness (QED) is 0.838. The summed E-state index contributed by atoms with van der Waals surface area (Å²) < 4.78 is 15.0. The Balaban J connectivity index is 1.98. The Kier molecular flexibility index (Phi) is 4.07. The number of benzene rings is 1. The summed E-state index contributed by atoms with van der Waals surface area (Å²) in [6, 6.07) is 9.21. The van der Waals surface area contributed by atoms with Gasteiger partial charge in [0.1, 0.15) is 17.8 Å². The first kappa shape index (κ1) is 13.0. The van der Waals surface area contributed by atoms with Crippen LogP contribution in [0.15, 0.2) is 41.0 Å². The monoisotopic (exact) mass is 261 g/mol. The second-order valence-corrected chi connectivity index (χ2v) is 3.88. The number of anilines is 1. The molecule has 100 valence electrons. The molecule has 0 spiro atoms. The van der Waals surface area contributed by atoms with Gasteiger partial charge < -0.3 is 19.2 Å². The Bertz CT molecular complexity index is 562. The van der Waals surface area contributed by atoms with E-state index in [-0.39, 0.29) is 0 Å². The van der Waals surface area contributed by atoms with Crippen molar-refractivity contribution in [3.8, 4) is 5.75 Å². The molecule has 2 aromatic rings. The smallest absolute Gasteiger partial charge is 0.341 e. The van der Waals surface area contributed by atoms with Crippen LogP contribution in [0.3, 0.4) is 0 Å². The Labute approximate surface area is 111 Å². The highest BCUT2D eigenvalue weighted by Gasteiger charge is 2.09. The van der Waals surface area contributed by atoms with E-state index >= 15 is 0 Å². The van der Waals surface area contributed by atoms with E-state index in [0.29, 0.717) is 17.9 Å². The first-order valence-electron chi connectivity index (χ1n) is 5.76. The van der Waals surface area contributed by atoms with E-state index in [1.807, 2.05) is 24.3 Å². The molecule has 19 heavy (non-hydrogen) atoms. The Morgan fingerprint density at radius 1 is 1.32 bits per heavy atom. The molecule has 0 aliphatic heterocycles. The molecule has 5 heteroatoms. The van der Waals surface area contributed by atoms with Crippen LogP contribution in [0.25, 0.3) is 0 Å². The molecule has 2 rings (SSSR count). The van der Waals surface area contributed by atoms with Crippen molar-refractivity contribution in [2.24, 2.45) is 0 Å². The van der Waals surface area contributed by atoms with Gasteiger partial charge in [0, 0.05) is 11.8 Å². The molecule has 1 aromatic heterocycles. The van der Waals surface area contributed by atoms with Gasteiger partial charge >= 0.3 is 5.97 Å². The van der Waals surface area contributed by atoms with E-state index in [2.05, 4.69) is 10.1 Å². The third-order valence-electron chi connectivity index (χ3n) is 2.61. The lowest BCUT2D eigenvalue weighted by Gasteiger charge is -2.06. The van der Waals surface area contributed by atoms with Gasteiger partial charge in [-0.25, -0.2) is 4.79 Å². The van der Waals surface area contributed by atoms with Crippen molar-refractivity contribution in [3.05, 3.63) is 47.9 Å². The fourth-order valence-electron chi connectivity index (χ4n) is 1.62. The van der Waals surface area contributed by atoms with Crippen molar-refractivity contribution >= 4 is 11.7 Å². The third kappa shape index (κ3) is 3.28. The minimum absolute atomic E-state index is 0.406. The lowest BCUT2D eigenvalue weighted by atomic mass is 10.3. The van der Waals surface area contributed by atoms with Crippen LogP contribution in [0.2, 0.25) is 0 Å². The van der Waals surface area contributed by atoms with Crippen LogP contribution in [0.1, 0.15) is 16.1 Å². The molecule has 0 aliphatic rings. The molecular weight excluding hydrogens is 246 g/mol. The van der Waals surface area contributed by atoms with E-state index < -0.39 is 5.97 Å². The van der Waals surface area contributed by atoms with Crippen LogP contribution >= 0.6 is 0 Å². The van der Waals surface area contributed by atoms with E-state index in [4.69, 9.17) is 9.15 Å². The van der Waals surface area contributed by atoms with E-state index in [0.717, 1.165) is 11.4 Å². The summed E-state index contributed by atoms with van der Waals surface area (Å²) >= 11 is 0. The number of hydrogen-bond acceptors (Lipinski definition) is 5. The van der Waals surface area contributed by atoms with Crippen molar-refractivity contribution in [1.29, 1.82) is 0 Å². The van der Waals surface area contributed by atoms with Crippen molar-refractivity contribution in [3.63, 3.8) is 0 Å². The molecule has 0 bridgehead atoms. The molecule has 0 saturated heterocycles. The van der Waals surface area contributed by atoms with Crippen LogP contribution < -0.4 is 10.1 Å². The zero-order chi connectivity index (χ0) is 13.7. The van der Waals surface area contributed by atoms with Gasteiger partial charge in [-0.1, -0.05) is 6.07 Å². The molecule has 0 unspecified atom stereocenters. The second kappa shape index (κ2) is 5.95. The van der Waals surface area contributed by atoms with Gasteiger partial charge in [-0.2, -0.15) is 0 Å². The summed E-state index contributed by atoms with van der Waals surface area (Å²) in [5.41, 5.74) is 1.32. The van der Waals surface area contributed by atoms with E-state index in [9.17, 15) is 4.79 Å². The van der Waals surface area contributed by atoms with Crippen molar-refractivity contribution < 1.29 is 18.7 Å². The van der Waals surface area contributed by atoms with Gasteiger partial charge in [0.05, 0.1) is 26.3 Å². The van der Waals surface area contributed by atoms with Crippen LogP contribution in [-0.4, -0.2) is 20.2 Å². The largest absolute Gasteiger partial charge is 0.497 e. The highest BCUT2D eigenvalue weighted by atomic mass is 16.5. The maximum absolute atomic E-state index is 11.3. The van der Waals surface area contributed by atoms with Gasteiger partial charge in [0.2, 0.25) is 0 Å². The summed E-state index contributed by atoms with van der Waals surface area (Å²) in [6.07, 6.45) is 1.38. The Morgan fingerprint density at radius 2 is 2.16 bits per heavy atom. The first-order valence-corrected chi connectivity index (χ1v) is 5.76. The minimum atomic E-state index is -0.406. The summed E-state index contributed by atoms with van der Waals surface area (Å²) in [7, 11) is 2.96. The van der Waals surface area contributed by atoms with Crippen molar-refractivity contribution in [2.45, 2.75) is 6.54 Å². The third-order valence-corrected chi connectivity index (χ3v) is 2.61. The molecule has 0 amide bonds. The molecule has 1 N–H and O–H groups in total. The number of rotatable bonds is 5. The SMILES string of the molecule is COC(=O)c1coc(CNc2cccc(OC)c2)c1. The molecule has 1 heterocycles. The number of methoxy groups -OCH3 is 2. The molecule has 5 nitrogen and oxygen atoms in total. The molecule has 0 fully saturated rings. The number of ether oxygens (including phenoxy) is 2. The highest BCUT2D eigenvalue weighted by molar-refractivity contribution is 5.88. The predicted octanol–water partition coefficient (Wildman–Crippen LogP) is 2.69. The zero-order valence-electron chi connectivity index (χ0n) is 10.8. The Morgan fingerprint density at radius 3 is 2.89 bits per heavy atom. The van der Waals surface area contributed by atoms with E-state index in [1.54, 1.807) is 13.2 Å². The standard InChI is InChI=1S/C14H15NO4/c1-17-12-5-3-4-11(7-12)15-8-13-6-10(9-19-13)14(16)18-2/h3-7,9,15H,8H2,1-2H3. The van der Waals surface area contributed by atoms with Gasteiger partial charge in [-0.05, 0) is 18.2 Å². The fraction of sp³-hybridized carbons (Fsp3) is 0.214. The van der Waals surface area contributed by atoms with Crippen molar-refractivity contribution in [2.75, 3.05) is 19.5 Å². The minimum Gasteiger partial charge on any atom is -0.497 e. The number of hydrogen-bond donors (Lipinski definition) is 1. The van der Waals surface area contributed by atoms with Crippen LogP contribution in [0.4, 0.5) is 5.69 Å². The average molecular weight is 261 g/mol. The highest BCUT2D eigenvalue weighted by Crippen LogP contribution is 2.18. The predicted molar refractivity (Wildman–Crippen MR) is 70.4 cm³/mol. The molecular formula is C14H15NO4. The van der Waals surface area contributed by atoms with Gasteiger partial charge in [-0.3, -0.25) is 0 Å². The van der Waals surface area contributed by atoms with Crippen molar-refractivity contribution in [1.82, 2.24) is 0 Å². The number of esters is 1. The Hall–Kier alpha value is -2.43. The zero-order valence-corrected chi connectivity index (χ0v) is 10.8. The van der Waals surface area contributed by atoms with Crippen LogP contribution in [0, 0.1) is 0 Å². The molecule has 0 atom stereocenters.